The van der Waals surface area contributed by atoms with Gasteiger partial charge in [0.15, 0.2) is 0 Å². The predicted octanol–water partition coefficient (Wildman–Crippen LogP) is 4.22. The molecule has 0 unspecified atom stereocenters. The van der Waals surface area contributed by atoms with Gasteiger partial charge in [0.2, 0.25) is 0 Å². The molecular formula is C25H30N4O3S. The number of hydrogen-bond donors (Lipinski definition) is 1. The average Bonchev–Trinajstić information content (AvgIpc) is 2.82. The molecule has 0 spiro atoms. The lowest BCUT2D eigenvalue weighted by Gasteiger charge is -2.36. The summed E-state index contributed by atoms with van der Waals surface area (Å²) in [5, 5.41) is 0. The van der Waals surface area contributed by atoms with Gasteiger partial charge in [-0.15, -0.1) is 0 Å². The van der Waals surface area contributed by atoms with Crippen LogP contribution in [0.5, 0.6) is 5.75 Å². The molecule has 2 aromatic carbocycles. The molecular weight excluding hydrogens is 436 g/mol. The molecule has 1 aliphatic heterocycles. The lowest BCUT2D eigenvalue weighted by atomic mass is 10.1. The number of benzene rings is 2. The van der Waals surface area contributed by atoms with Crippen LogP contribution >= 0.6 is 0 Å². The second-order valence-corrected chi connectivity index (χ2v) is 9.79. The van der Waals surface area contributed by atoms with Crippen molar-refractivity contribution in [3.63, 3.8) is 0 Å². The molecule has 8 heteroatoms. The molecule has 0 bridgehead atoms. The van der Waals surface area contributed by atoms with Crippen LogP contribution in [0.25, 0.3) is 0 Å². The molecule has 0 aliphatic carbocycles. The smallest absolute Gasteiger partial charge is 0.262 e. The van der Waals surface area contributed by atoms with Crippen molar-refractivity contribution in [3.8, 4) is 5.75 Å². The summed E-state index contributed by atoms with van der Waals surface area (Å²) in [4.78, 5) is 9.34. The highest BCUT2D eigenvalue weighted by molar-refractivity contribution is 7.92. The molecule has 7 nitrogen and oxygen atoms in total. The Morgan fingerprint density at radius 3 is 2.27 bits per heavy atom. The molecule has 1 fully saturated rings. The minimum absolute atomic E-state index is 0.240. The average molecular weight is 467 g/mol. The summed E-state index contributed by atoms with van der Waals surface area (Å²) in [7, 11) is -3.74. The zero-order valence-corrected chi connectivity index (χ0v) is 20.1. The van der Waals surface area contributed by atoms with Gasteiger partial charge in [-0.05, 0) is 68.3 Å². The Bertz CT molecular complexity index is 1190. The van der Waals surface area contributed by atoms with Crippen LogP contribution in [0.2, 0.25) is 0 Å². The van der Waals surface area contributed by atoms with Crippen LogP contribution in [-0.2, 0) is 10.0 Å². The van der Waals surface area contributed by atoms with E-state index in [1.807, 2.05) is 26.0 Å². The molecule has 0 atom stereocenters. The van der Waals surface area contributed by atoms with E-state index in [1.165, 1.54) is 5.69 Å². The molecule has 3 aromatic rings. The number of aryl methyl sites for hydroxylation is 2. The first kappa shape index (κ1) is 22.9. The molecule has 1 N–H and O–H groups in total. The van der Waals surface area contributed by atoms with E-state index in [0.717, 1.165) is 37.6 Å². The normalized spacial score (nSPS) is 14.3. The molecule has 174 valence electrons. The van der Waals surface area contributed by atoms with Crippen molar-refractivity contribution in [2.45, 2.75) is 25.7 Å². The van der Waals surface area contributed by atoms with E-state index in [2.05, 4.69) is 43.8 Å². The Balaban J connectivity index is 1.42. The van der Waals surface area contributed by atoms with Gasteiger partial charge in [0.1, 0.15) is 11.6 Å². The number of ether oxygens (including phenoxy) is 1. The van der Waals surface area contributed by atoms with Crippen molar-refractivity contribution in [1.29, 1.82) is 0 Å². The van der Waals surface area contributed by atoms with E-state index in [0.29, 0.717) is 23.6 Å². The number of piperazine rings is 1. The number of pyridine rings is 1. The van der Waals surface area contributed by atoms with Gasteiger partial charge in [0, 0.05) is 31.9 Å². The first-order valence-electron chi connectivity index (χ1n) is 11.2. The molecule has 0 amide bonds. The fourth-order valence-electron chi connectivity index (χ4n) is 4.04. The molecule has 4 rings (SSSR count). The Kier molecular flexibility index (Phi) is 6.74. The Morgan fingerprint density at radius 1 is 0.939 bits per heavy atom. The highest BCUT2D eigenvalue weighted by Crippen LogP contribution is 2.28. The van der Waals surface area contributed by atoms with Gasteiger partial charge in [-0.1, -0.05) is 18.2 Å². The van der Waals surface area contributed by atoms with Crippen LogP contribution in [0.1, 0.15) is 18.1 Å². The fourth-order valence-corrected chi connectivity index (χ4v) is 5.40. The maximum absolute atomic E-state index is 13.0. The minimum atomic E-state index is -3.74. The number of nitrogens with zero attached hydrogens (tertiary/aromatic N) is 3. The van der Waals surface area contributed by atoms with Gasteiger partial charge in [0.25, 0.3) is 10.0 Å². The number of aromatic nitrogens is 1. The third-order valence-electron chi connectivity index (χ3n) is 5.79. The third kappa shape index (κ3) is 5.22. The monoisotopic (exact) mass is 466 g/mol. The number of nitrogens with one attached hydrogen (secondary N) is 1. The molecule has 33 heavy (non-hydrogen) atoms. The first-order valence-corrected chi connectivity index (χ1v) is 12.6. The third-order valence-corrected chi connectivity index (χ3v) is 7.31. The van der Waals surface area contributed by atoms with Crippen LogP contribution in [0.15, 0.2) is 65.7 Å². The number of rotatable bonds is 7. The molecule has 0 radical (unpaired) electrons. The van der Waals surface area contributed by atoms with Crippen molar-refractivity contribution in [1.82, 2.24) is 4.98 Å². The number of para-hydroxylation sites is 1. The van der Waals surface area contributed by atoms with E-state index in [4.69, 9.17) is 4.74 Å². The summed E-state index contributed by atoms with van der Waals surface area (Å²) >= 11 is 0. The maximum atomic E-state index is 13.0. The lowest BCUT2D eigenvalue weighted by Crippen LogP contribution is -2.46. The largest absolute Gasteiger partial charge is 0.494 e. The quantitative estimate of drug-likeness (QED) is 0.562. The van der Waals surface area contributed by atoms with Gasteiger partial charge < -0.3 is 14.5 Å². The zero-order valence-electron chi connectivity index (χ0n) is 19.3. The highest BCUT2D eigenvalue weighted by atomic mass is 32.2. The first-order chi connectivity index (χ1) is 15.9. The predicted molar refractivity (Wildman–Crippen MR) is 133 cm³/mol. The van der Waals surface area contributed by atoms with E-state index >= 15 is 0 Å². The fraction of sp³-hybridized carbons (Fsp3) is 0.320. The second kappa shape index (κ2) is 9.70. The van der Waals surface area contributed by atoms with E-state index in [9.17, 15) is 8.42 Å². The molecule has 1 saturated heterocycles. The number of sulfonamides is 1. The Labute approximate surface area is 196 Å². The van der Waals surface area contributed by atoms with Gasteiger partial charge in [-0.2, -0.15) is 0 Å². The SMILES string of the molecule is CCOc1cc(C)c(S(=O)(=O)Nc2ccc(N3CCN(c4ccccc4)CC3)nc2)cc1C. The zero-order chi connectivity index (χ0) is 23.4. The second-order valence-electron chi connectivity index (χ2n) is 8.14. The summed E-state index contributed by atoms with van der Waals surface area (Å²) in [5.41, 5.74) is 3.09. The minimum Gasteiger partial charge on any atom is -0.494 e. The van der Waals surface area contributed by atoms with Crippen LogP contribution < -0.4 is 19.3 Å². The topological polar surface area (TPSA) is 74.8 Å². The van der Waals surface area contributed by atoms with Crippen molar-refractivity contribution in [3.05, 3.63) is 71.9 Å². The standard InChI is InChI=1S/C25H30N4O3S/c1-4-32-23-16-20(3)24(17-19(23)2)33(30,31)27-21-10-11-25(26-18-21)29-14-12-28(13-15-29)22-8-6-5-7-9-22/h5-11,16-18,27H,4,12-15H2,1-3H3. The van der Waals surface area contributed by atoms with E-state index < -0.39 is 10.0 Å². The molecule has 2 heterocycles. The molecule has 1 aliphatic rings. The van der Waals surface area contributed by atoms with Gasteiger partial charge in [-0.3, -0.25) is 4.72 Å². The van der Waals surface area contributed by atoms with Crippen LogP contribution in [0.4, 0.5) is 17.2 Å². The van der Waals surface area contributed by atoms with Crippen molar-refractivity contribution < 1.29 is 13.2 Å². The summed E-state index contributed by atoms with van der Waals surface area (Å²) in [5.74, 6) is 1.55. The van der Waals surface area contributed by atoms with Crippen LogP contribution in [0.3, 0.4) is 0 Å². The summed E-state index contributed by atoms with van der Waals surface area (Å²) in [6, 6.07) is 17.4. The van der Waals surface area contributed by atoms with Gasteiger partial charge in [0.05, 0.1) is 23.4 Å². The van der Waals surface area contributed by atoms with E-state index in [-0.39, 0.29) is 4.90 Å². The van der Waals surface area contributed by atoms with Crippen LogP contribution in [-0.4, -0.2) is 46.2 Å². The summed E-state index contributed by atoms with van der Waals surface area (Å²) < 4.78 is 34.2. The van der Waals surface area contributed by atoms with Gasteiger partial charge in [-0.25, -0.2) is 13.4 Å². The van der Waals surface area contributed by atoms with Gasteiger partial charge >= 0.3 is 0 Å². The highest BCUT2D eigenvalue weighted by Gasteiger charge is 2.21. The van der Waals surface area contributed by atoms with Crippen LogP contribution in [0, 0.1) is 13.8 Å². The Hall–Kier alpha value is -3.26. The van der Waals surface area contributed by atoms with Crippen molar-refractivity contribution in [2.24, 2.45) is 0 Å². The Morgan fingerprint density at radius 2 is 1.64 bits per heavy atom. The van der Waals surface area contributed by atoms with Crippen molar-refractivity contribution in [2.75, 3.05) is 47.3 Å². The van der Waals surface area contributed by atoms with E-state index in [1.54, 1.807) is 31.3 Å². The lowest BCUT2D eigenvalue weighted by molar-refractivity contribution is 0.337. The number of anilines is 3. The maximum Gasteiger partial charge on any atom is 0.262 e. The number of hydrogen-bond acceptors (Lipinski definition) is 6. The van der Waals surface area contributed by atoms with Crippen molar-refractivity contribution >= 4 is 27.2 Å². The summed E-state index contributed by atoms with van der Waals surface area (Å²) in [6.45, 7) is 9.59. The molecule has 0 saturated carbocycles. The summed E-state index contributed by atoms with van der Waals surface area (Å²) in [6.07, 6.45) is 1.58. The molecule has 1 aromatic heterocycles.